The highest BCUT2D eigenvalue weighted by Crippen LogP contribution is 2.26. The lowest BCUT2D eigenvalue weighted by Crippen LogP contribution is -2.47. The molecule has 0 heterocycles. The molecule has 2 aromatic carbocycles. The second kappa shape index (κ2) is 8.31. The maximum absolute atomic E-state index is 14.2. The second-order valence-electron chi connectivity index (χ2n) is 5.97. The largest absolute Gasteiger partial charge is 0.324 e. The van der Waals surface area contributed by atoms with Crippen LogP contribution in [0.15, 0.2) is 48.5 Å². The molecular formula is C19H23FN2O3S. The van der Waals surface area contributed by atoms with E-state index in [2.05, 4.69) is 5.32 Å². The molecule has 1 amide bonds. The Morgan fingerprint density at radius 1 is 1.12 bits per heavy atom. The van der Waals surface area contributed by atoms with E-state index in [0.717, 1.165) is 22.5 Å². The normalized spacial score (nSPS) is 12.5. The average Bonchev–Trinajstić information content (AvgIpc) is 2.60. The third-order valence-corrected chi connectivity index (χ3v) is 5.22. The molecule has 0 bridgehead atoms. The Kier molecular flexibility index (Phi) is 6.37. The van der Waals surface area contributed by atoms with Crippen molar-refractivity contribution < 1.29 is 17.6 Å². The molecule has 2 aromatic rings. The molecule has 2 rings (SSSR count). The van der Waals surface area contributed by atoms with Crippen molar-refractivity contribution in [1.82, 2.24) is 0 Å². The fourth-order valence-electron chi connectivity index (χ4n) is 2.72. The van der Waals surface area contributed by atoms with Crippen LogP contribution in [-0.4, -0.2) is 26.6 Å². The van der Waals surface area contributed by atoms with Crippen molar-refractivity contribution in [2.75, 3.05) is 15.9 Å². The number of hydrogen-bond donors (Lipinski definition) is 1. The summed E-state index contributed by atoms with van der Waals surface area (Å²) in [6.07, 6.45) is 2.03. The smallest absolute Gasteiger partial charge is 0.248 e. The molecule has 0 aliphatic heterocycles. The number of hydrogen-bond acceptors (Lipinski definition) is 3. The summed E-state index contributed by atoms with van der Waals surface area (Å²) in [5, 5.41) is 2.72. The Balaban J connectivity index is 2.35. The number of nitrogens with zero attached hydrogens (tertiary/aromatic N) is 1. The van der Waals surface area contributed by atoms with Gasteiger partial charge in [-0.15, -0.1) is 0 Å². The first kappa shape index (κ1) is 19.9. The van der Waals surface area contributed by atoms with Gasteiger partial charge in [0, 0.05) is 5.69 Å². The van der Waals surface area contributed by atoms with Gasteiger partial charge in [-0.2, -0.15) is 0 Å². The zero-order valence-electron chi connectivity index (χ0n) is 15.1. The molecule has 0 saturated carbocycles. The topological polar surface area (TPSA) is 66.5 Å². The van der Waals surface area contributed by atoms with E-state index in [4.69, 9.17) is 0 Å². The Labute approximate surface area is 153 Å². The minimum Gasteiger partial charge on any atom is -0.324 e. The van der Waals surface area contributed by atoms with Crippen LogP contribution in [0.1, 0.15) is 25.8 Å². The van der Waals surface area contributed by atoms with Gasteiger partial charge < -0.3 is 5.32 Å². The van der Waals surface area contributed by atoms with Crippen LogP contribution in [0.3, 0.4) is 0 Å². The molecule has 1 atom stereocenters. The summed E-state index contributed by atoms with van der Waals surface area (Å²) >= 11 is 0. The lowest BCUT2D eigenvalue weighted by molar-refractivity contribution is -0.117. The Morgan fingerprint density at radius 3 is 2.23 bits per heavy atom. The van der Waals surface area contributed by atoms with Gasteiger partial charge >= 0.3 is 0 Å². The molecule has 7 heteroatoms. The number of carbonyl (C=O) groups excluding carboxylic acids is 1. The van der Waals surface area contributed by atoms with Gasteiger partial charge in [0.05, 0.1) is 11.9 Å². The maximum atomic E-state index is 14.2. The zero-order valence-corrected chi connectivity index (χ0v) is 15.9. The predicted molar refractivity (Wildman–Crippen MR) is 102 cm³/mol. The van der Waals surface area contributed by atoms with E-state index < -0.39 is 27.8 Å². The van der Waals surface area contributed by atoms with Gasteiger partial charge in [-0.25, -0.2) is 12.8 Å². The molecule has 26 heavy (non-hydrogen) atoms. The molecule has 0 unspecified atom stereocenters. The molecule has 1 N–H and O–H groups in total. The third kappa shape index (κ3) is 4.60. The molecule has 0 fully saturated rings. The SMILES string of the molecule is CCc1ccc(NC(=O)[C@H](CC)N(c2ccccc2F)S(C)(=O)=O)cc1. The van der Waals surface area contributed by atoms with Crippen LogP contribution in [0.5, 0.6) is 0 Å². The molecule has 0 aromatic heterocycles. The molecule has 140 valence electrons. The van der Waals surface area contributed by atoms with E-state index >= 15 is 0 Å². The van der Waals surface area contributed by atoms with Crippen molar-refractivity contribution in [1.29, 1.82) is 0 Å². The van der Waals surface area contributed by atoms with Gasteiger partial charge in [-0.05, 0) is 42.7 Å². The van der Waals surface area contributed by atoms with Gasteiger partial charge in [0.25, 0.3) is 0 Å². The number of benzene rings is 2. The van der Waals surface area contributed by atoms with Crippen molar-refractivity contribution in [3.63, 3.8) is 0 Å². The van der Waals surface area contributed by atoms with Gasteiger partial charge in [0.2, 0.25) is 15.9 Å². The van der Waals surface area contributed by atoms with Crippen LogP contribution >= 0.6 is 0 Å². The highest BCUT2D eigenvalue weighted by molar-refractivity contribution is 7.92. The minimum atomic E-state index is -3.87. The van der Waals surface area contributed by atoms with E-state index in [-0.39, 0.29) is 12.1 Å². The van der Waals surface area contributed by atoms with Crippen LogP contribution < -0.4 is 9.62 Å². The number of rotatable bonds is 7. The number of sulfonamides is 1. The van der Waals surface area contributed by atoms with E-state index in [1.54, 1.807) is 19.1 Å². The summed E-state index contributed by atoms with van der Waals surface area (Å²) < 4.78 is 39.7. The molecule has 0 radical (unpaired) electrons. The molecule has 5 nitrogen and oxygen atoms in total. The molecule has 0 aliphatic carbocycles. The first-order valence-electron chi connectivity index (χ1n) is 8.41. The summed E-state index contributed by atoms with van der Waals surface area (Å²) in [4.78, 5) is 12.7. The quantitative estimate of drug-likeness (QED) is 0.801. The zero-order chi connectivity index (χ0) is 19.3. The van der Waals surface area contributed by atoms with Gasteiger partial charge in [-0.3, -0.25) is 9.10 Å². The maximum Gasteiger partial charge on any atom is 0.248 e. The van der Waals surface area contributed by atoms with Gasteiger partial charge in [-0.1, -0.05) is 38.1 Å². The summed E-state index contributed by atoms with van der Waals surface area (Å²) in [6, 6.07) is 11.8. The molecule has 0 aliphatic rings. The molecular weight excluding hydrogens is 355 g/mol. The van der Waals surface area contributed by atoms with E-state index in [1.165, 1.54) is 24.3 Å². The first-order chi connectivity index (χ1) is 12.3. The number of nitrogens with one attached hydrogen (secondary N) is 1. The van der Waals surface area contributed by atoms with E-state index in [1.807, 2.05) is 19.1 Å². The highest BCUT2D eigenvalue weighted by atomic mass is 32.2. The average molecular weight is 378 g/mol. The summed E-state index contributed by atoms with van der Waals surface area (Å²) in [5.41, 5.74) is 1.55. The number of para-hydroxylation sites is 1. The van der Waals surface area contributed by atoms with E-state index in [9.17, 15) is 17.6 Å². The van der Waals surface area contributed by atoms with Crippen molar-refractivity contribution in [3.8, 4) is 0 Å². The minimum absolute atomic E-state index is 0.140. The third-order valence-electron chi connectivity index (χ3n) is 4.05. The van der Waals surface area contributed by atoms with Crippen LogP contribution in [0, 0.1) is 5.82 Å². The Hall–Kier alpha value is -2.41. The summed E-state index contributed by atoms with van der Waals surface area (Å²) in [7, 11) is -3.87. The molecule has 0 saturated heterocycles. The second-order valence-corrected chi connectivity index (χ2v) is 7.83. The molecule has 0 spiro atoms. The van der Waals surface area contributed by atoms with Crippen LogP contribution in [0.25, 0.3) is 0 Å². The van der Waals surface area contributed by atoms with Crippen LogP contribution in [0.2, 0.25) is 0 Å². The number of aryl methyl sites for hydroxylation is 1. The number of halogens is 1. The first-order valence-corrected chi connectivity index (χ1v) is 10.3. The van der Waals surface area contributed by atoms with Crippen LogP contribution in [-0.2, 0) is 21.2 Å². The van der Waals surface area contributed by atoms with Crippen molar-refractivity contribution >= 4 is 27.3 Å². The summed E-state index contributed by atoms with van der Waals surface area (Å²) in [6.45, 7) is 3.71. The van der Waals surface area contributed by atoms with Crippen LogP contribution in [0.4, 0.5) is 15.8 Å². The van der Waals surface area contributed by atoms with E-state index in [0.29, 0.717) is 5.69 Å². The number of carbonyl (C=O) groups is 1. The fourth-order valence-corrected chi connectivity index (χ4v) is 3.93. The number of amides is 1. The number of anilines is 2. The van der Waals surface area contributed by atoms with Crippen molar-refractivity contribution in [2.24, 2.45) is 0 Å². The monoisotopic (exact) mass is 378 g/mol. The lowest BCUT2D eigenvalue weighted by atomic mass is 10.1. The van der Waals surface area contributed by atoms with Gasteiger partial charge in [0.15, 0.2) is 0 Å². The Bertz CT molecular complexity index is 867. The Morgan fingerprint density at radius 2 is 1.73 bits per heavy atom. The lowest BCUT2D eigenvalue weighted by Gasteiger charge is -2.30. The summed E-state index contributed by atoms with van der Waals surface area (Å²) in [5.74, 6) is -1.21. The highest BCUT2D eigenvalue weighted by Gasteiger charge is 2.33. The van der Waals surface area contributed by atoms with Crippen molar-refractivity contribution in [3.05, 3.63) is 59.9 Å². The fraction of sp³-hybridized carbons (Fsp3) is 0.316. The predicted octanol–water partition coefficient (Wildman–Crippen LogP) is 3.57. The van der Waals surface area contributed by atoms with Crippen molar-refractivity contribution in [2.45, 2.75) is 32.7 Å². The standard InChI is InChI=1S/C19H23FN2O3S/c1-4-14-10-12-15(13-11-14)21-19(23)17(5-2)22(26(3,24)25)18-9-7-6-8-16(18)20/h6-13,17H,4-5H2,1-3H3,(H,21,23)/t17-/m0/s1. The van der Waals surface area contributed by atoms with Gasteiger partial charge in [0.1, 0.15) is 11.9 Å².